The molecule has 0 unspecified atom stereocenters. The van der Waals surface area contributed by atoms with Gasteiger partial charge in [-0.1, -0.05) is 94.9 Å². The first-order valence-corrected chi connectivity index (χ1v) is 24.7. The molecule has 0 fully saturated rings. The van der Waals surface area contributed by atoms with E-state index in [1.807, 2.05) is 60.7 Å². The molecule has 0 atom stereocenters. The van der Waals surface area contributed by atoms with Gasteiger partial charge in [0.05, 0.1) is 53.9 Å². The molecule has 67 heavy (non-hydrogen) atoms. The van der Waals surface area contributed by atoms with E-state index in [4.69, 9.17) is 60.6 Å². The van der Waals surface area contributed by atoms with E-state index >= 15 is 0 Å². The number of fused-ring (bicyclic) bond motifs is 2. The number of anilines is 2. The summed E-state index contributed by atoms with van der Waals surface area (Å²) in [6.45, 7) is 0. The molecule has 4 N–H and O–H groups in total. The molecule has 0 radical (unpaired) electrons. The van der Waals surface area contributed by atoms with Gasteiger partial charge in [0.25, 0.3) is 20.0 Å². The molecule has 2 aromatic heterocycles. The number of ether oxygens (including phenoxy) is 3. The van der Waals surface area contributed by atoms with Gasteiger partial charge in [-0.25, -0.2) is 26.4 Å². The van der Waals surface area contributed by atoms with Crippen LogP contribution in [0.3, 0.4) is 0 Å². The zero-order valence-electron chi connectivity index (χ0n) is 35.3. The van der Waals surface area contributed by atoms with Crippen LogP contribution >= 0.6 is 69.1 Å². The van der Waals surface area contributed by atoms with Crippen LogP contribution in [0.5, 0.6) is 11.5 Å². The number of hydrogen-bond acceptors (Lipinski definition) is 12. The van der Waals surface area contributed by atoms with E-state index in [-0.39, 0.29) is 98.9 Å². The largest absolute Gasteiger partial charge is 1.00 e. The minimum atomic E-state index is -4.28. The zero-order valence-corrected chi connectivity index (χ0v) is 43.6. The molecule has 0 aliphatic carbocycles. The maximum Gasteiger partial charge on any atom is 1.00 e. The number of hydrogen-bond donors (Lipinski definition) is 3. The first kappa shape index (κ1) is 53.4. The molecule has 0 aliphatic heterocycles. The number of methoxy groups -OCH3 is 3. The van der Waals surface area contributed by atoms with Crippen molar-refractivity contribution >= 4 is 133 Å². The van der Waals surface area contributed by atoms with Crippen LogP contribution in [0.1, 0.15) is 20.7 Å². The van der Waals surface area contributed by atoms with Crippen LogP contribution < -0.4 is 48.5 Å². The number of rotatable bonds is 12. The van der Waals surface area contributed by atoms with Gasteiger partial charge in [-0.15, -0.1) is 22.7 Å². The maximum atomic E-state index is 13.3. The van der Waals surface area contributed by atoms with Crippen LogP contribution in [0.25, 0.3) is 41.1 Å². The Hall–Kier alpha value is -4.60. The molecule has 8 aromatic rings. The summed E-state index contributed by atoms with van der Waals surface area (Å²) in [6.07, 6.45) is 0. The summed E-state index contributed by atoms with van der Waals surface area (Å²) in [5.74, 6) is -2.12. The van der Waals surface area contributed by atoms with Gasteiger partial charge in [-0.3, -0.25) is 9.44 Å². The summed E-state index contributed by atoms with van der Waals surface area (Å²) in [4.78, 5) is 25.3. The van der Waals surface area contributed by atoms with E-state index in [1.165, 1.54) is 75.1 Å². The Kier molecular flexibility index (Phi) is 17.7. The molecule has 0 aliphatic rings. The van der Waals surface area contributed by atoms with Gasteiger partial charge in [0.1, 0.15) is 9.79 Å². The van der Waals surface area contributed by atoms with Gasteiger partial charge in [-0.05, 0) is 94.7 Å². The number of carboxylic acids is 1. The van der Waals surface area contributed by atoms with E-state index in [0.717, 1.165) is 35.5 Å². The van der Waals surface area contributed by atoms with Gasteiger partial charge < -0.3 is 24.8 Å². The molecule has 2 heterocycles. The van der Waals surface area contributed by atoms with E-state index < -0.39 is 32.0 Å². The third-order valence-electron chi connectivity index (χ3n) is 9.52. The summed E-state index contributed by atoms with van der Waals surface area (Å²) in [5.41, 5.74) is 1.21. The Morgan fingerprint density at radius 1 is 0.567 bits per heavy atom. The summed E-state index contributed by atoms with van der Waals surface area (Å²) in [6, 6.07) is 34.2. The van der Waals surface area contributed by atoms with Crippen LogP contribution in [-0.2, 0) is 24.8 Å². The molecule has 13 nitrogen and oxygen atoms in total. The molecule has 6 aromatic carbocycles. The smallest absolute Gasteiger partial charge is 0.870 e. The first-order valence-electron chi connectivity index (χ1n) is 18.6. The van der Waals surface area contributed by atoms with E-state index in [1.54, 1.807) is 29.5 Å². The summed E-state index contributed by atoms with van der Waals surface area (Å²) >= 11 is 27.3. The molecule has 342 valence electrons. The Morgan fingerprint density at radius 3 is 1.36 bits per heavy atom. The standard InChI is InChI=1S/C23H17Cl2NO5S2.C22H15Cl2NO5S2.Na.H2O/c1-30-22-17(25)11-15(24)12-21(22)33(28,29)26-18-9-14(7-8-16(18)23(27)31-2)20-10-13-5-3-4-6-19(13)32-20;1-30-21-16(24)10-14(23)11-20(21)32(28,29)25-17-8-13(6-7-15(17)22(26)27)19-9-12-4-2-3-5-18(12)31-19;;/h3-12,26H,1-2H3;2-11,25H,1H3,(H,26,27);;1H2/q;;+1;/p-1. The second-order valence-electron chi connectivity index (χ2n) is 13.7. The van der Waals surface area contributed by atoms with Gasteiger partial charge in [0.2, 0.25) is 0 Å². The van der Waals surface area contributed by atoms with E-state index in [2.05, 4.69) is 9.44 Å². The molecule has 8 rings (SSSR count). The second-order valence-corrected chi connectivity index (χ2v) is 20.8. The summed E-state index contributed by atoms with van der Waals surface area (Å²) < 4.78 is 75.0. The minimum absolute atomic E-state index is 0. The number of carbonyl (C=O) groups is 2. The average Bonchev–Trinajstić information content (AvgIpc) is 3.91. The molecular formula is C45H33Cl4N2NaO11S4. The van der Waals surface area contributed by atoms with Gasteiger partial charge in [0.15, 0.2) is 11.5 Å². The molecule has 22 heteroatoms. The summed E-state index contributed by atoms with van der Waals surface area (Å²) in [7, 11) is -4.72. The van der Waals surface area contributed by atoms with Crippen LogP contribution in [0.15, 0.2) is 131 Å². The molecule has 0 bridgehead atoms. The number of esters is 1. The second kappa shape index (κ2) is 22.2. The van der Waals surface area contributed by atoms with Crippen molar-refractivity contribution in [3.8, 4) is 32.4 Å². The predicted octanol–water partition coefficient (Wildman–Crippen LogP) is 9.68. The zero-order chi connectivity index (χ0) is 46.8. The van der Waals surface area contributed by atoms with Crippen LogP contribution in [-0.4, -0.2) is 60.7 Å². The van der Waals surface area contributed by atoms with E-state index in [9.17, 15) is 31.5 Å². The number of carbonyl (C=O) groups excluding carboxylic acids is 1. The van der Waals surface area contributed by atoms with E-state index in [0.29, 0.717) is 5.56 Å². The number of thiophene rings is 2. The number of aromatic carboxylic acids is 1. The third-order valence-corrected chi connectivity index (χ3v) is 15.6. The summed E-state index contributed by atoms with van der Waals surface area (Å²) in [5, 5.41) is 12.0. The van der Waals surface area contributed by atoms with Gasteiger partial charge >= 0.3 is 41.5 Å². The monoisotopic (exact) mass is 1070 g/mol. The predicted molar refractivity (Wildman–Crippen MR) is 262 cm³/mol. The Morgan fingerprint density at radius 2 is 0.970 bits per heavy atom. The molecule has 0 spiro atoms. The van der Waals surface area contributed by atoms with Crippen molar-refractivity contribution in [2.24, 2.45) is 0 Å². The minimum Gasteiger partial charge on any atom is -0.870 e. The number of carboxylic acid groups (broad SMARTS) is 1. The number of halogens is 4. The Labute approximate surface area is 434 Å². The van der Waals surface area contributed by atoms with Crippen molar-refractivity contribution in [3.05, 3.63) is 153 Å². The Bertz CT molecular complexity index is 3340. The fraction of sp³-hybridized carbons (Fsp3) is 0.0667. The van der Waals surface area contributed by atoms with Crippen LogP contribution in [0, 0.1) is 0 Å². The molecule has 0 saturated carbocycles. The van der Waals surface area contributed by atoms with Crippen molar-refractivity contribution in [1.82, 2.24) is 0 Å². The number of benzene rings is 6. The topological polar surface area (TPSA) is 204 Å². The quantitative estimate of drug-likeness (QED) is 0.0776. The normalized spacial score (nSPS) is 11.1. The van der Waals surface area contributed by atoms with Gasteiger partial charge in [-0.2, -0.15) is 0 Å². The molecule has 0 amide bonds. The molecular weight excluding hydrogens is 1040 g/mol. The average molecular weight is 1070 g/mol. The fourth-order valence-electron chi connectivity index (χ4n) is 6.56. The number of sulfonamides is 2. The van der Waals surface area contributed by atoms with Crippen molar-refractivity contribution in [2.45, 2.75) is 9.79 Å². The fourth-order valence-corrected chi connectivity index (χ4v) is 12.6. The maximum absolute atomic E-state index is 13.3. The van der Waals surface area contributed by atoms with Gasteiger partial charge in [0, 0.05) is 29.2 Å². The first-order chi connectivity index (χ1) is 30.9. The Balaban J connectivity index is 0.000000244. The van der Waals surface area contributed by atoms with Crippen LogP contribution in [0.4, 0.5) is 11.4 Å². The number of nitrogens with one attached hydrogen (secondary N) is 2. The van der Waals surface area contributed by atoms with Crippen molar-refractivity contribution in [1.29, 1.82) is 0 Å². The van der Waals surface area contributed by atoms with Crippen LogP contribution in [0.2, 0.25) is 20.1 Å². The van der Waals surface area contributed by atoms with Crippen molar-refractivity contribution in [2.75, 3.05) is 30.8 Å². The third kappa shape index (κ3) is 11.8. The SMILES string of the molecule is COC(=O)c1ccc(-c2cc3ccccc3s2)cc1NS(=O)(=O)c1cc(Cl)cc(Cl)c1OC.COc1c(Cl)cc(Cl)cc1S(=O)(=O)Nc1cc(-c2cc3ccccc3s2)ccc1C(=O)O.[Na+].[OH-]. The van der Waals surface area contributed by atoms with Crippen molar-refractivity contribution in [3.63, 3.8) is 0 Å². The van der Waals surface area contributed by atoms with Crippen molar-refractivity contribution < 1.29 is 80.8 Å². The molecule has 0 saturated heterocycles.